The number of anilines is 1. The van der Waals surface area contributed by atoms with Crippen molar-refractivity contribution in [1.82, 2.24) is 5.32 Å². The second-order valence-corrected chi connectivity index (χ2v) is 5.93. The Morgan fingerprint density at radius 3 is 2.85 bits per heavy atom. The molecule has 4 heteroatoms. The normalized spacial score (nSPS) is 23.6. The molecule has 1 N–H and O–H groups in total. The quantitative estimate of drug-likeness (QED) is 0.920. The smallest absolute Gasteiger partial charge is 0.230 e. The molecule has 1 atom stereocenters. The highest BCUT2D eigenvalue weighted by atomic mass is 19.1. The molecule has 1 saturated heterocycles. The predicted molar refractivity (Wildman–Crippen MR) is 77.1 cm³/mol. The maximum absolute atomic E-state index is 13.3. The lowest BCUT2D eigenvalue weighted by atomic mass is 9.91. The van der Waals surface area contributed by atoms with Crippen LogP contribution in [0.3, 0.4) is 0 Å². The molecule has 0 bridgehead atoms. The zero-order valence-electron chi connectivity index (χ0n) is 11.9. The molecule has 1 aromatic rings. The number of amides is 1. The molecule has 1 aliphatic carbocycles. The summed E-state index contributed by atoms with van der Waals surface area (Å²) >= 11 is 0. The van der Waals surface area contributed by atoms with E-state index in [2.05, 4.69) is 5.32 Å². The van der Waals surface area contributed by atoms with Crippen molar-refractivity contribution >= 4 is 11.6 Å². The van der Waals surface area contributed by atoms with Gasteiger partial charge in [0.15, 0.2) is 0 Å². The van der Waals surface area contributed by atoms with Crippen molar-refractivity contribution in [3.8, 4) is 0 Å². The number of nitrogens with one attached hydrogen (secondary N) is 1. The van der Waals surface area contributed by atoms with Gasteiger partial charge in [0.05, 0.1) is 0 Å². The van der Waals surface area contributed by atoms with E-state index >= 15 is 0 Å². The summed E-state index contributed by atoms with van der Waals surface area (Å²) in [5.74, 6) is 0.00828. The van der Waals surface area contributed by atoms with E-state index in [0.29, 0.717) is 12.2 Å². The fraction of sp³-hybridized carbons (Fsp3) is 0.562. The van der Waals surface area contributed by atoms with Gasteiger partial charge in [0.2, 0.25) is 5.91 Å². The molecule has 0 aromatic heterocycles. The first-order chi connectivity index (χ1) is 9.66. The maximum Gasteiger partial charge on any atom is 0.230 e. The standard InChI is InChI=1S/C16H21FN2O/c1-2-19(13-5-3-4-12(17)10-13)15(20)14-11-16(14)6-8-18-9-7-16/h3-5,10,14,18H,2,6-9,11H2,1H3. The van der Waals surface area contributed by atoms with Crippen LogP contribution in [-0.2, 0) is 4.79 Å². The Morgan fingerprint density at radius 1 is 1.45 bits per heavy atom. The van der Waals surface area contributed by atoms with Crippen LogP contribution in [0.2, 0.25) is 0 Å². The minimum absolute atomic E-state index is 0.132. The molecule has 1 heterocycles. The monoisotopic (exact) mass is 276 g/mol. The molecule has 1 saturated carbocycles. The van der Waals surface area contributed by atoms with Crippen LogP contribution in [0.1, 0.15) is 26.2 Å². The number of hydrogen-bond donors (Lipinski definition) is 1. The third kappa shape index (κ3) is 2.33. The summed E-state index contributed by atoms with van der Waals surface area (Å²) in [7, 11) is 0. The molecule has 20 heavy (non-hydrogen) atoms. The van der Waals surface area contributed by atoms with E-state index in [0.717, 1.165) is 32.4 Å². The Labute approximate surface area is 119 Å². The zero-order chi connectivity index (χ0) is 14.2. The summed E-state index contributed by atoms with van der Waals surface area (Å²) in [6, 6.07) is 6.32. The van der Waals surface area contributed by atoms with Gasteiger partial charge in [-0.2, -0.15) is 0 Å². The van der Waals surface area contributed by atoms with Crippen molar-refractivity contribution in [2.75, 3.05) is 24.5 Å². The average molecular weight is 276 g/mol. The van der Waals surface area contributed by atoms with E-state index in [-0.39, 0.29) is 23.1 Å². The molecule has 0 radical (unpaired) electrons. The van der Waals surface area contributed by atoms with Gasteiger partial charge in [0.1, 0.15) is 5.82 Å². The Bertz CT molecular complexity index is 511. The van der Waals surface area contributed by atoms with Crippen molar-refractivity contribution in [3.05, 3.63) is 30.1 Å². The van der Waals surface area contributed by atoms with Gasteiger partial charge in [-0.15, -0.1) is 0 Å². The predicted octanol–water partition coefficient (Wildman–Crippen LogP) is 2.57. The van der Waals surface area contributed by atoms with Crippen molar-refractivity contribution in [3.63, 3.8) is 0 Å². The van der Waals surface area contributed by atoms with Crippen LogP contribution in [-0.4, -0.2) is 25.5 Å². The van der Waals surface area contributed by atoms with Gasteiger partial charge >= 0.3 is 0 Å². The topological polar surface area (TPSA) is 32.3 Å². The molecule has 2 aliphatic rings. The van der Waals surface area contributed by atoms with Gasteiger partial charge in [0, 0.05) is 18.2 Å². The summed E-state index contributed by atoms with van der Waals surface area (Å²) in [5, 5.41) is 3.35. The van der Waals surface area contributed by atoms with Gasteiger partial charge in [-0.1, -0.05) is 6.07 Å². The third-order valence-corrected chi connectivity index (χ3v) is 4.79. The second kappa shape index (κ2) is 5.17. The number of carbonyl (C=O) groups excluding carboxylic acids is 1. The van der Waals surface area contributed by atoms with Crippen LogP contribution >= 0.6 is 0 Å². The maximum atomic E-state index is 13.3. The van der Waals surface area contributed by atoms with Crippen LogP contribution in [0.15, 0.2) is 24.3 Å². The third-order valence-electron chi connectivity index (χ3n) is 4.79. The summed E-state index contributed by atoms with van der Waals surface area (Å²) in [6.45, 7) is 4.55. The summed E-state index contributed by atoms with van der Waals surface area (Å²) in [6.07, 6.45) is 3.17. The molecular formula is C16H21FN2O. The lowest BCUT2D eigenvalue weighted by Gasteiger charge is -2.26. The number of benzene rings is 1. The van der Waals surface area contributed by atoms with Crippen LogP contribution in [0.25, 0.3) is 0 Å². The molecule has 3 nitrogen and oxygen atoms in total. The first kappa shape index (κ1) is 13.6. The molecule has 2 fully saturated rings. The van der Waals surface area contributed by atoms with E-state index in [9.17, 15) is 9.18 Å². The van der Waals surface area contributed by atoms with E-state index in [1.807, 2.05) is 13.0 Å². The number of piperidine rings is 1. The Kier molecular flexibility index (Phi) is 3.50. The van der Waals surface area contributed by atoms with Crippen molar-refractivity contribution in [2.24, 2.45) is 11.3 Å². The molecule has 1 spiro atoms. The Balaban J connectivity index is 1.75. The van der Waals surface area contributed by atoms with Crippen LogP contribution in [0.5, 0.6) is 0 Å². The number of nitrogens with zero attached hydrogens (tertiary/aromatic N) is 1. The minimum atomic E-state index is -0.291. The second-order valence-electron chi connectivity index (χ2n) is 5.93. The van der Waals surface area contributed by atoms with E-state index in [4.69, 9.17) is 0 Å². The minimum Gasteiger partial charge on any atom is -0.317 e. The number of rotatable bonds is 3. The first-order valence-electron chi connectivity index (χ1n) is 7.44. The van der Waals surface area contributed by atoms with E-state index in [1.54, 1.807) is 11.0 Å². The molecule has 1 unspecified atom stereocenters. The molecule has 1 aromatic carbocycles. The SMILES string of the molecule is CCN(C(=O)C1CC12CCNCC2)c1cccc(F)c1. The Morgan fingerprint density at radius 2 is 2.20 bits per heavy atom. The van der Waals surface area contributed by atoms with E-state index < -0.39 is 0 Å². The van der Waals surface area contributed by atoms with Gasteiger partial charge in [-0.05, 0) is 62.9 Å². The molecule has 108 valence electrons. The molecule has 1 amide bonds. The highest BCUT2D eigenvalue weighted by Crippen LogP contribution is 2.59. The lowest BCUT2D eigenvalue weighted by molar-refractivity contribution is -0.120. The van der Waals surface area contributed by atoms with Gasteiger partial charge < -0.3 is 10.2 Å². The summed E-state index contributed by atoms with van der Waals surface area (Å²) in [5.41, 5.74) is 0.900. The number of hydrogen-bond acceptors (Lipinski definition) is 2. The molecule has 3 rings (SSSR count). The zero-order valence-corrected chi connectivity index (χ0v) is 11.9. The first-order valence-corrected chi connectivity index (χ1v) is 7.44. The van der Waals surface area contributed by atoms with Crippen LogP contribution < -0.4 is 10.2 Å². The van der Waals surface area contributed by atoms with Crippen molar-refractivity contribution < 1.29 is 9.18 Å². The van der Waals surface area contributed by atoms with E-state index in [1.165, 1.54) is 12.1 Å². The van der Waals surface area contributed by atoms with Crippen LogP contribution in [0, 0.1) is 17.2 Å². The van der Waals surface area contributed by atoms with Gasteiger partial charge in [-0.25, -0.2) is 4.39 Å². The fourth-order valence-corrected chi connectivity index (χ4v) is 3.47. The summed E-state index contributed by atoms with van der Waals surface area (Å²) in [4.78, 5) is 14.4. The fourth-order valence-electron chi connectivity index (χ4n) is 3.47. The van der Waals surface area contributed by atoms with Gasteiger partial charge in [0.25, 0.3) is 0 Å². The highest BCUT2D eigenvalue weighted by Gasteiger charge is 2.58. The number of carbonyl (C=O) groups is 1. The largest absolute Gasteiger partial charge is 0.317 e. The van der Waals surface area contributed by atoms with Crippen molar-refractivity contribution in [1.29, 1.82) is 0 Å². The van der Waals surface area contributed by atoms with Gasteiger partial charge in [-0.3, -0.25) is 4.79 Å². The molecule has 1 aliphatic heterocycles. The molecular weight excluding hydrogens is 255 g/mol. The lowest BCUT2D eigenvalue weighted by Crippen LogP contribution is -2.36. The Hall–Kier alpha value is -1.42. The average Bonchev–Trinajstić information content (AvgIpc) is 3.14. The van der Waals surface area contributed by atoms with Crippen LogP contribution in [0.4, 0.5) is 10.1 Å². The highest BCUT2D eigenvalue weighted by molar-refractivity contribution is 5.97. The van der Waals surface area contributed by atoms with Crippen molar-refractivity contribution in [2.45, 2.75) is 26.2 Å². The number of halogens is 1. The summed E-state index contributed by atoms with van der Waals surface area (Å²) < 4.78 is 13.3.